The van der Waals surface area contributed by atoms with E-state index in [9.17, 15) is 80.3 Å². The molecule has 1 aromatic heterocycles. The Morgan fingerprint density at radius 1 is 0.792 bits per heavy atom. The highest BCUT2D eigenvalue weighted by atomic mass is 32.2. The predicted molar refractivity (Wildman–Crippen MR) is 349 cm³/mol. The average Bonchev–Trinajstić information content (AvgIpc) is 1.59. The Morgan fingerprint density at radius 3 is 2.17 bits per heavy atom. The van der Waals surface area contributed by atoms with Crippen molar-refractivity contribution >= 4 is 86.2 Å². The van der Waals surface area contributed by atoms with Crippen molar-refractivity contribution in [3.05, 3.63) is 155 Å². The van der Waals surface area contributed by atoms with Crippen LogP contribution in [0.1, 0.15) is 120 Å². The number of fused-ring (bicyclic) bond motifs is 3. The summed E-state index contributed by atoms with van der Waals surface area (Å²) in [5.41, 5.74) is 4.00. The molecule has 1 aliphatic carbocycles. The third kappa shape index (κ3) is 16.9. The number of pyridine rings is 1. The van der Waals surface area contributed by atoms with Gasteiger partial charge in [0.25, 0.3) is 42.2 Å². The Morgan fingerprint density at radius 2 is 1.48 bits per heavy atom. The maximum absolute atomic E-state index is 13.9. The molecule has 4 aromatic carbocycles. The highest BCUT2D eigenvalue weighted by molar-refractivity contribution is 7.86. The van der Waals surface area contributed by atoms with Crippen molar-refractivity contribution < 1.29 is 89.1 Å². The first-order valence-electron chi connectivity index (χ1n) is 30.9. The maximum atomic E-state index is 13.9. The second kappa shape index (κ2) is 28.8. The van der Waals surface area contributed by atoms with Gasteiger partial charge in [-0.05, 0) is 161 Å². The number of ether oxygens (including phenoxy) is 2. The number of hydrogen-bond donors (Lipinski definition) is 5. The van der Waals surface area contributed by atoms with Gasteiger partial charge in [-0.2, -0.15) is 35.1 Å². The number of alkyl halides is 2. The minimum atomic E-state index is -4.62. The number of hydrogen-bond acceptors (Lipinski definition) is 17. The molecule has 96 heavy (non-hydrogen) atoms. The fourth-order valence-electron chi connectivity index (χ4n) is 12.5. The summed E-state index contributed by atoms with van der Waals surface area (Å²) in [5, 5.41) is 15.0. The number of carbonyl (C=O) groups is 3. The van der Waals surface area contributed by atoms with Crippen LogP contribution < -0.4 is 25.0 Å². The highest BCUT2D eigenvalue weighted by Gasteiger charge is 2.48. The lowest BCUT2D eigenvalue weighted by Gasteiger charge is -2.27. The van der Waals surface area contributed by atoms with E-state index in [0.29, 0.717) is 113 Å². The molecule has 30 heteroatoms. The second-order valence-electron chi connectivity index (χ2n) is 24.8. The Hall–Kier alpha value is -8.28. The van der Waals surface area contributed by atoms with E-state index in [4.69, 9.17) is 9.47 Å². The van der Waals surface area contributed by atoms with Gasteiger partial charge in [0.05, 0.1) is 61.5 Å². The van der Waals surface area contributed by atoms with Crippen LogP contribution in [0.2, 0.25) is 0 Å². The van der Waals surface area contributed by atoms with Crippen LogP contribution in [0.5, 0.6) is 11.5 Å². The molecule has 5 N–H and O–H groups in total. The number of nitrogens with one attached hydrogen (secondary N) is 2. The second-order valence-corrected chi connectivity index (χ2v) is 30.6. The Kier molecular flexibility index (Phi) is 21.6. The lowest BCUT2D eigenvalue weighted by Crippen LogP contribution is -2.43. The normalized spacial score (nSPS) is 18.5. The zero-order valence-corrected chi connectivity index (χ0v) is 56.2. The van der Waals surface area contributed by atoms with Crippen molar-refractivity contribution in [2.75, 3.05) is 50.0 Å². The summed E-state index contributed by atoms with van der Waals surface area (Å²) in [4.78, 5) is 45.1. The fourth-order valence-corrected chi connectivity index (χ4v) is 14.5. The molecule has 0 radical (unpaired) electrons. The van der Waals surface area contributed by atoms with E-state index in [1.807, 2.05) is 56.9 Å². The molecular formula is C66H73F2N7O17S4. The van der Waals surface area contributed by atoms with Gasteiger partial charge in [-0.25, -0.2) is 17.2 Å². The van der Waals surface area contributed by atoms with Crippen LogP contribution in [0, 0.1) is 11.3 Å². The minimum absolute atomic E-state index is 0.0498. The molecule has 0 saturated carbocycles. The molecule has 3 aliphatic heterocycles. The largest absolute Gasteiger partial charge is 0.748 e. The van der Waals surface area contributed by atoms with Crippen LogP contribution in [-0.4, -0.2) is 147 Å². The molecule has 4 heterocycles. The smallest absolute Gasteiger partial charge is 0.294 e. The Bertz CT molecular complexity index is 4580. The van der Waals surface area contributed by atoms with Crippen LogP contribution in [0.25, 0.3) is 10.9 Å². The van der Waals surface area contributed by atoms with Gasteiger partial charge < -0.3 is 34.5 Å². The standard InChI is InChI=1S/C66H73F2N7O17S4/c1-64(2)52-37-48(95(85,86)87)24-26-54(52)73(33-7-5-6-17-59(76)70-31-12-35-91-56-16-11-15-50-51(30-32-71-61(50)56)63(78)72-41-60(77)75-42-66(67,68)39-45(75)40-69)57(64)28-18-43-13-10-14-44(62(43)92-46-20-22-47(23-21-46)94(82,83)84)19-29-58-65(3,4)53-38-49(96(88,89)90)25-27-55(53)74(58)34-8-9-36-93(79,80)81/h11,15-16,18-30,32,37-38,45H,5-10,12-14,17,31,33-36,39,41-42H2,1-4H3,(H5-,70,72,76,78,79,80,81,82,83,84,85,86,87,88,89,90). The number of anilines is 1. The fraction of sp³-hybridized carbons (Fsp3) is 0.394. The number of unbranched alkanes of at least 4 members (excludes halogenated alkanes) is 3. The lowest BCUT2D eigenvalue weighted by atomic mass is 9.81. The van der Waals surface area contributed by atoms with Crippen LogP contribution >= 0.6 is 0 Å². The summed E-state index contributed by atoms with van der Waals surface area (Å²) in [6.45, 7) is 7.16. The number of amides is 3. The third-order valence-corrected chi connectivity index (χ3v) is 20.7. The zero-order valence-electron chi connectivity index (χ0n) is 53.0. The minimum Gasteiger partial charge on any atom is -0.748 e. The topological polar surface area (TPSA) is 360 Å². The first-order chi connectivity index (χ1) is 45.1. The number of aromatic nitrogens is 1. The van der Waals surface area contributed by atoms with Gasteiger partial charge in [-0.1, -0.05) is 32.1 Å². The SMILES string of the molecule is CC1(C)C(=CC=C2CCCC(C=CC3=[N+](CCCCCC(=O)NCCCOc4cccc5c(C(=O)NCC(=O)N6CC(F)(F)CC6C#N)ccnc45)c4ccc(S(=O)(=O)O)cc4C3(C)C)=C2Oc2ccc(S(=O)(=O)O)cc2)N(CCCCS(=O)(=O)[O-])c2ccc(S(=O)(=O)O)cc21. The number of para-hydroxylation sites is 1. The number of rotatable bonds is 27. The van der Waals surface area contributed by atoms with Crippen molar-refractivity contribution in [3.63, 3.8) is 0 Å². The Labute approximate surface area is 556 Å². The van der Waals surface area contributed by atoms with E-state index in [-0.39, 0.29) is 70.9 Å². The molecule has 24 nitrogen and oxygen atoms in total. The van der Waals surface area contributed by atoms with Crippen molar-refractivity contribution in [1.82, 2.24) is 20.5 Å². The summed E-state index contributed by atoms with van der Waals surface area (Å²) in [6, 6.07) is 20.6. The predicted octanol–water partition coefficient (Wildman–Crippen LogP) is 8.99. The molecule has 1 saturated heterocycles. The summed E-state index contributed by atoms with van der Waals surface area (Å²) < 4.78 is 181. The number of likely N-dealkylation sites (tertiary alicyclic amines) is 1. The lowest BCUT2D eigenvalue weighted by molar-refractivity contribution is -0.438. The number of benzene rings is 4. The van der Waals surface area contributed by atoms with Crippen molar-refractivity contribution in [2.45, 2.75) is 136 Å². The van der Waals surface area contributed by atoms with E-state index in [2.05, 4.69) is 20.2 Å². The molecule has 0 spiro atoms. The molecule has 4 aliphatic rings. The molecule has 1 fully saturated rings. The van der Waals surface area contributed by atoms with Gasteiger partial charge in [0.2, 0.25) is 17.5 Å². The first kappa shape index (κ1) is 72.0. The highest BCUT2D eigenvalue weighted by Crippen LogP contribution is 2.49. The summed E-state index contributed by atoms with van der Waals surface area (Å²) in [7, 11) is -18.3. The number of allylic oxidation sites excluding steroid dienone is 7. The van der Waals surface area contributed by atoms with E-state index in [1.165, 1.54) is 60.8 Å². The number of nitriles is 1. The van der Waals surface area contributed by atoms with E-state index in [1.54, 1.807) is 36.4 Å². The molecule has 5 aromatic rings. The molecule has 1 atom stereocenters. The van der Waals surface area contributed by atoms with E-state index in [0.717, 1.165) is 10.6 Å². The Balaban J connectivity index is 0.901. The van der Waals surface area contributed by atoms with Gasteiger partial charge in [-0.3, -0.25) is 33.0 Å². The van der Waals surface area contributed by atoms with Crippen molar-refractivity contribution in [1.29, 1.82) is 5.26 Å². The van der Waals surface area contributed by atoms with Crippen LogP contribution in [0.4, 0.5) is 20.2 Å². The van der Waals surface area contributed by atoms with Crippen LogP contribution in [0.3, 0.4) is 0 Å². The molecule has 512 valence electrons. The van der Waals surface area contributed by atoms with Crippen LogP contribution in [0.15, 0.2) is 153 Å². The van der Waals surface area contributed by atoms with Gasteiger partial charge in [0.1, 0.15) is 35.4 Å². The molecule has 9 rings (SSSR count). The van der Waals surface area contributed by atoms with Crippen molar-refractivity contribution in [3.8, 4) is 17.6 Å². The van der Waals surface area contributed by atoms with Gasteiger partial charge in [-0.15, -0.1) is 0 Å². The molecule has 0 bridgehead atoms. The number of halogens is 2. The molecule has 1 unspecified atom stereocenters. The maximum Gasteiger partial charge on any atom is 0.294 e. The van der Waals surface area contributed by atoms with Crippen molar-refractivity contribution in [2.24, 2.45) is 0 Å². The molecular weight excluding hydrogens is 1330 g/mol. The number of nitrogens with zero attached hydrogens (tertiary/aromatic N) is 5. The van der Waals surface area contributed by atoms with E-state index >= 15 is 0 Å². The van der Waals surface area contributed by atoms with Gasteiger partial charge in [0, 0.05) is 84.2 Å². The third-order valence-electron chi connectivity index (χ3n) is 17.4. The average molecular weight is 1400 g/mol. The molecule has 3 amide bonds. The van der Waals surface area contributed by atoms with E-state index < -0.39 is 100 Å². The van der Waals surface area contributed by atoms with Crippen LogP contribution in [-0.2, 0) is 60.9 Å². The van der Waals surface area contributed by atoms with Gasteiger partial charge in [0.15, 0.2) is 5.71 Å². The number of carbonyl (C=O) groups excluding carboxylic acids is 3. The van der Waals surface area contributed by atoms with Gasteiger partial charge >= 0.3 is 0 Å². The monoisotopic (exact) mass is 1400 g/mol. The summed E-state index contributed by atoms with van der Waals surface area (Å²) in [6.07, 6.45) is 12.3. The summed E-state index contributed by atoms with van der Waals surface area (Å²) in [5.74, 6) is -4.50. The quantitative estimate of drug-likeness (QED) is 0.0186. The summed E-state index contributed by atoms with van der Waals surface area (Å²) >= 11 is 0. The first-order valence-corrected chi connectivity index (χ1v) is 36.8. The zero-order chi connectivity index (χ0) is 69.8.